The summed E-state index contributed by atoms with van der Waals surface area (Å²) in [4.78, 5) is 24.4. The molecule has 0 aromatic heterocycles. The number of hydrazone groups is 1. The highest BCUT2D eigenvalue weighted by Crippen LogP contribution is 2.37. The van der Waals surface area contributed by atoms with Crippen LogP contribution in [0.3, 0.4) is 0 Å². The Hall–Kier alpha value is -3.36. The fourth-order valence-corrected chi connectivity index (χ4v) is 3.90. The van der Waals surface area contributed by atoms with Crippen molar-refractivity contribution in [3.8, 4) is 11.5 Å². The van der Waals surface area contributed by atoms with Crippen molar-refractivity contribution >= 4 is 51.2 Å². The first-order chi connectivity index (χ1) is 16.8. The van der Waals surface area contributed by atoms with Crippen LogP contribution in [-0.2, 0) is 16.2 Å². The largest absolute Gasteiger partial charge is 0.490 e. The molecule has 7 nitrogen and oxygen atoms in total. The number of nitrogens with one attached hydrogen (secondary N) is 2. The summed E-state index contributed by atoms with van der Waals surface area (Å²) in [5, 5.41) is 7.19. The summed E-state index contributed by atoms with van der Waals surface area (Å²) in [6.45, 7) is 6.34. The Morgan fingerprint density at radius 3 is 2.37 bits per heavy atom. The van der Waals surface area contributed by atoms with E-state index in [1.54, 1.807) is 24.3 Å². The summed E-state index contributed by atoms with van der Waals surface area (Å²) in [7, 11) is 0. The number of anilines is 1. The number of amides is 2. The van der Waals surface area contributed by atoms with Crippen molar-refractivity contribution in [1.82, 2.24) is 5.43 Å². The third-order valence-electron chi connectivity index (χ3n) is 4.93. The molecule has 182 valence electrons. The summed E-state index contributed by atoms with van der Waals surface area (Å²) in [5.41, 5.74) is 6.17. The first kappa shape index (κ1) is 26.2. The van der Waals surface area contributed by atoms with Gasteiger partial charge in [-0.25, -0.2) is 5.43 Å². The van der Waals surface area contributed by atoms with Crippen LogP contribution in [0.15, 0.2) is 64.2 Å². The minimum atomic E-state index is -0.879. The molecule has 0 aliphatic carbocycles. The predicted molar refractivity (Wildman–Crippen MR) is 141 cm³/mol. The van der Waals surface area contributed by atoms with Gasteiger partial charge in [-0.2, -0.15) is 5.10 Å². The van der Waals surface area contributed by atoms with Crippen LogP contribution in [0.1, 0.15) is 29.2 Å². The van der Waals surface area contributed by atoms with E-state index in [2.05, 4.69) is 31.8 Å². The Bertz CT molecular complexity index is 1230. The molecule has 0 atom stereocenters. The fourth-order valence-electron chi connectivity index (χ4n) is 3.20. The van der Waals surface area contributed by atoms with E-state index in [4.69, 9.17) is 21.1 Å². The van der Waals surface area contributed by atoms with Gasteiger partial charge in [-0.3, -0.25) is 9.59 Å². The Morgan fingerprint density at radius 2 is 1.71 bits per heavy atom. The molecule has 0 saturated heterocycles. The molecule has 0 radical (unpaired) electrons. The number of hydrogen-bond donors (Lipinski definition) is 2. The normalized spacial score (nSPS) is 10.8. The Kier molecular flexibility index (Phi) is 9.28. The molecule has 0 heterocycles. The van der Waals surface area contributed by atoms with Crippen molar-refractivity contribution in [2.75, 3.05) is 11.9 Å². The van der Waals surface area contributed by atoms with Gasteiger partial charge in [0.1, 0.15) is 6.61 Å². The lowest BCUT2D eigenvalue weighted by Crippen LogP contribution is -2.32. The van der Waals surface area contributed by atoms with Gasteiger partial charge in [-0.1, -0.05) is 41.9 Å². The molecule has 2 amide bonds. The second-order valence-corrected chi connectivity index (χ2v) is 8.89. The van der Waals surface area contributed by atoms with E-state index in [9.17, 15) is 9.59 Å². The van der Waals surface area contributed by atoms with E-state index in [-0.39, 0.29) is 0 Å². The van der Waals surface area contributed by atoms with Gasteiger partial charge in [0.15, 0.2) is 11.5 Å². The molecule has 0 spiro atoms. The van der Waals surface area contributed by atoms with E-state index >= 15 is 0 Å². The van der Waals surface area contributed by atoms with Crippen LogP contribution in [0.5, 0.6) is 11.5 Å². The SMILES string of the molecule is CCOc1cc(/C=N/NC(=O)C(=O)Nc2c(C)cccc2C)cc(Br)c1OCc1ccc(Cl)cc1. The van der Waals surface area contributed by atoms with Crippen molar-refractivity contribution < 1.29 is 19.1 Å². The van der Waals surface area contributed by atoms with Crippen LogP contribution in [0, 0.1) is 13.8 Å². The molecule has 35 heavy (non-hydrogen) atoms. The number of nitrogens with zero attached hydrogens (tertiary/aromatic N) is 1. The molecule has 0 aliphatic rings. The second-order valence-electron chi connectivity index (χ2n) is 7.60. The van der Waals surface area contributed by atoms with Crippen molar-refractivity contribution in [3.63, 3.8) is 0 Å². The summed E-state index contributed by atoms with van der Waals surface area (Å²) < 4.78 is 12.4. The molecule has 3 rings (SSSR count). The average molecular weight is 559 g/mol. The molecule has 0 saturated carbocycles. The van der Waals surface area contributed by atoms with Crippen molar-refractivity contribution in [3.05, 3.63) is 86.3 Å². The summed E-state index contributed by atoms with van der Waals surface area (Å²) in [5.74, 6) is -0.634. The van der Waals surface area contributed by atoms with Crippen LogP contribution in [0.2, 0.25) is 5.02 Å². The number of benzene rings is 3. The van der Waals surface area contributed by atoms with Crippen LogP contribution in [-0.4, -0.2) is 24.6 Å². The second kappa shape index (κ2) is 12.4. The lowest BCUT2D eigenvalue weighted by molar-refractivity contribution is -0.136. The first-order valence-electron chi connectivity index (χ1n) is 10.8. The number of carbonyl (C=O) groups excluding carboxylic acids is 2. The highest BCUT2D eigenvalue weighted by atomic mass is 79.9. The number of carbonyl (C=O) groups is 2. The Morgan fingerprint density at radius 1 is 1.03 bits per heavy atom. The molecule has 0 unspecified atom stereocenters. The maximum Gasteiger partial charge on any atom is 0.329 e. The smallest absolute Gasteiger partial charge is 0.329 e. The van der Waals surface area contributed by atoms with Crippen LogP contribution < -0.4 is 20.2 Å². The van der Waals surface area contributed by atoms with Gasteiger partial charge in [-0.05, 0) is 83.2 Å². The summed E-state index contributed by atoms with van der Waals surface area (Å²) in [6.07, 6.45) is 1.42. The van der Waals surface area contributed by atoms with Gasteiger partial charge in [-0.15, -0.1) is 0 Å². The maximum atomic E-state index is 12.3. The minimum Gasteiger partial charge on any atom is -0.490 e. The Labute approximate surface area is 217 Å². The zero-order valence-corrected chi connectivity index (χ0v) is 21.9. The molecule has 0 aliphatic heterocycles. The highest BCUT2D eigenvalue weighted by molar-refractivity contribution is 9.10. The van der Waals surface area contributed by atoms with E-state index in [1.807, 2.05) is 51.1 Å². The predicted octanol–water partition coefficient (Wildman–Crippen LogP) is 5.79. The molecule has 2 N–H and O–H groups in total. The quantitative estimate of drug-likeness (QED) is 0.208. The van der Waals surface area contributed by atoms with Crippen LogP contribution >= 0.6 is 27.5 Å². The van der Waals surface area contributed by atoms with E-state index in [0.29, 0.717) is 45.5 Å². The van der Waals surface area contributed by atoms with Crippen LogP contribution in [0.25, 0.3) is 0 Å². The van der Waals surface area contributed by atoms with Gasteiger partial charge in [0.05, 0.1) is 17.3 Å². The van der Waals surface area contributed by atoms with Gasteiger partial charge in [0.25, 0.3) is 0 Å². The molecular weight excluding hydrogens is 534 g/mol. The third kappa shape index (κ3) is 7.31. The number of aryl methyl sites for hydroxylation is 2. The zero-order chi connectivity index (χ0) is 25.4. The van der Waals surface area contributed by atoms with Crippen molar-refractivity contribution in [1.29, 1.82) is 0 Å². The maximum absolute atomic E-state index is 12.3. The number of para-hydroxylation sites is 1. The van der Waals surface area contributed by atoms with Crippen LogP contribution in [0.4, 0.5) is 5.69 Å². The van der Waals surface area contributed by atoms with Gasteiger partial charge < -0.3 is 14.8 Å². The number of hydrogen-bond acceptors (Lipinski definition) is 5. The molecule has 3 aromatic rings. The number of ether oxygens (including phenoxy) is 2. The standard InChI is InChI=1S/C26H25BrClN3O4/c1-4-34-22-13-19(12-21(27)24(22)35-15-18-8-10-20(28)11-9-18)14-29-31-26(33)25(32)30-23-16(2)6-5-7-17(23)3/h5-14H,4,15H2,1-3H3,(H,30,32)(H,31,33)/b29-14+. The summed E-state index contributed by atoms with van der Waals surface area (Å²) >= 11 is 9.44. The average Bonchev–Trinajstić information content (AvgIpc) is 2.82. The minimum absolute atomic E-state index is 0.328. The Balaban J connectivity index is 1.66. The first-order valence-corrected chi connectivity index (χ1v) is 12.0. The fraction of sp³-hybridized carbons (Fsp3) is 0.192. The lowest BCUT2D eigenvalue weighted by atomic mass is 10.1. The van der Waals surface area contributed by atoms with Gasteiger partial charge >= 0.3 is 11.8 Å². The molecule has 9 heteroatoms. The summed E-state index contributed by atoms with van der Waals surface area (Å²) in [6, 6.07) is 16.5. The topological polar surface area (TPSA) is 89.0 Å². The van der Waals surface area contributed by atoms with Crippen molar-refractivity contribution in [2.45, 2.75) is 27.4 Å². The highest BCUT2D eigenvalue weighted by Gasteiger charge is 2.16. The third-order valence-corrected chi connectivity index (χ3v) is 5.77. The monoisotopic (exact) mass is 557 g/mol. The van der Waals surface area contributed by atoms with E-state index in [1.165, 1.54) is 6.21 Å². The molecule has 3 aromatic carbocycles. The number of halogens is 2. The number of rotatable bonds is 8. The van der Waals surface area contributed by atoms with Gasteiger partial charge in [0, 0.05) is 10.7 Å². The van der Waals surface area contributed by atoms with E-state index < -0.39 is 11.8 Å². The van der Waals surface area contributed by atoms with E-state index in [0.717, 1.165) is 16.7 Å². The van der Waals surface area contributed by atoms with Gasteiger partial charge in [0.2, 0.25) is 0 Å². The van der Waals surface area contributed by atoms with Crippen molar-refractivity contribution in [2.24, 2.45) is 5.10 Å². The lowest BCUT2D eigenvalue weighted by Gasteiger charge is -2.14. The molecule has 0 bridgehead atoms. The molecular formula is C26H25BrClN3O4. The zero-order valence-electron chi connectivity index (χ0n) is 19.5. The molecule has 0 fully saturated rings.